The lowest BCUT2D eigenvalue weighted by molar-refractivity contribution is -0.118. The number of aromatic nitrogens is 1. The fourth-order valence-corrected chi connectivity index (χ4v) is 2.14. The Bertz CT molecular complexity index is 378. The molecule has 1 aromatic heterocycles. The summed E-state index contributed by atoms with van der Waals surface area (Å²) in [6, 6.07) is 3.94. The van der Waals surface area contributed by atoms with E-state index in [0.717, 1.165) is 24.5 Å². The van der Waals surface area contributed by atoms with Crippen LogP contribution in [0.1, 0.15) is 24.8 Å². The molecule has 1 unspecified atom stereocenters. The first-order chi connectivity index (χ1) is 7.22. The van der Waals surface area contributed by atoms with Gasteiger partial charge in [0, 0.05) is 37.2 Å². The molecule has 2 rings (SSSR count). The van der Waals surface area contributed by atoms with Crippen molar-refractivity contribution in [2.45, 2.75) is 19.3 Å². The summed E-state index contributed by atoms with van der Waals surface area (Å²) in [6.07, 6.45) is 2.20. The summed E-state index contributed by atoms with van der Waals surface area (Å²) in [5.41, 5.74) is 6.39. The number of rotatable bonds is 3. The Labute approximate surface area is 89.1 Å². The molecule has 0 spiro atoms. The highest BCUT2D eigenvalue weighted by molar-refractivity contribution is 5.76. The molecule has 4 nitrogen and oxygen atoms in total. The van der Waals surface area contributed by atoms with Gasteiger partial charge in [-0.2, -0.15) is 0 Å². The lowest BCUT2D eigenvalue weighted by Crippen LogP contribution is -2.23. The first kappa shape index (κ1) is 9.96. The van der Waals surface area contributed by atoms with Crippen molar-refractivity contribution < 1.29 is 4.79 Å². The second-order valence-corrected chi connectivity index (χ2v) is 3.82. The van der Waals surface area contributed by atoms with Crippen molar-refractivity contribution in [3.8, 4) is 0 Å². The summed E-state index contributed by atoms with van der Waals surface area (Å²) in [4.78, 5) is 17.5. The molecule has 0 saturated heterocycles. The molecule has 0 bridgehead atoms. The highest BCUT2D eigenvalue weighted by Crippen LogP contribution is 2.35. The summed E-state index contributed by atoms with van der Waals surface area (Å²) < 4.78 is 0. The van der Waals surface area contributed by atoms with Crippen LogP contribution in [0, 0.1) is 0 Å². The number of pyridine rings is 1. The van der Waals surface area contributed by atoms with Gasteiger partial charge in [0.25, 0.3) is 0 Å². The maximum absolute atomic E-state index is 10.9. The smallest absolute Gasteiger partial charge is 0.218 e. The molecule has 15 heavy (non-hydrogen) atoms. The molecule has 0 saturated carbocycles. The normalized spacial score (nSPS) is 19.0. The highest BCUT2D eigenvalue weighted by atomic mass is 16.1. The van der Waals surface area contributed by atoms with E-state index in [1.807, 2.05) is 12.1 Å². The summed E-state index contributed by atoms with van der Waals surface area (Å²) >= 11 is 0. The van der Waals surface area contributed by atoms with Crippen LogP contribution in [0.4, 0.5) is 5.82 Å². The van der Waals surface area contributed by atoms with E-state index in [-0.39, 0.29) is 11.8 Å². The number of fused-ring (bicyclic) bond motifs is 1. The molecule has 1 aromatic rings. The molecule has 0 fully saturated rings. The number of carbonyl (C=O) groups excluding carboxylic acids is 1. The first-order valence-corrected chi connectivity index (χ1v) is 5.20. The van der Waals surface area contributed by atoms with Gasteiger partial charge in [-0.25, -0.2) is 4.98 Å². The van der Waals surface area contributed by atoms with E-state index in [2.05, 4.69) is 16.8 Å². The van der Waals surface area contributed by atoms with Crippen LogP contribution < -0.4 is 10.6 Å². The van der Waals surface area contributed by atoms with Crippen LogP contribution in [0.5, 0.6) is 0 Å². The Morgan fingerprint density at radius 1 is 1.73 bits per heavy atom. The Hall–Kier alpha value is -1.58. The lowest BCUT2D eigenvalue weighted by Gasteiger charge is -2.15. The summed E-state index contributed by atoms with van der Waals surface area (Å²) in [5.74, 6) is 0.977. The summed E-state index contributed by atoms with van der Waals surface area (Å²) in [5, 5.41) is 0. The lowest BCUT2D eigenvalue weighted by atomic mass is 9.99. The van der Waals surface area contributed by atoms with E-state index in [0.29, 0.717) is 6.42 Å². The zero-order valence-corrected chi connectivity index (χ0v) is 8.81. The second kappa shape index (κ2) is 3.88. The van der Waals surface area contributed by atoms with Crippen molar-refractivity contribution in [2.24, 2.45) is 5.73 Å². The van der Waals surface area contributed by atoms with Crippen molar-refractivity contribution in [2.75, 3.05) is 18.0 Å². The second-order valence-electron chi connectivity index (χ2n) is 3.82. The van der Waals surface area contributed by atoms with Crippen molar-refractivity contribution in [1.82, 2.24) is 4.98 Å². The molecule has 1 amide bonds. The van der Waals surface area contributed by atoms with Gasteiger partial charge in [0.15, 0.2) is 0 Å². The predicted molar refractivity (Wildman–Crippen MR) is 58.7 cm³/mol. The van der Waals surface area contributed by atoms with E-state index in [1.165, 1.54) is 0 Å². The minimum Gasteiger partial charge on any atom is -0.370 e. The van der Waals surface area contributed by atoms with Gasteiger partial charge in [-0.1, -0.05) is 6.07 Å². The molecule has 4 heteroatoms. The van der Waals surface area contributed by atoms with Crippen molar-refractivity contribution in [3.63, 3.8) is 0 Å². The Balaban J connectivity index is 2.29. The van der Waals surface area contributed by atoms with Crippen molar-refractivity contribution in [1.29, 1.82) is 0 Å². The number of nitrogens with zero attached hydrogens (tertiary/aromatic N) is 2. The standard InChI is InChI=1S/C11H15N3O/c1-2-14-7-8(6-10(12)15)9-4-3-5-13-11(9)14/h3-5,8H,2,6-7H2,1H3,(H2,12,15). The SMILES string of the molecule is CCN1CC(CC(N)=O)c2cccnc21. The fourth-order valence-electron chi connectivity index (χ4n) is 2.14. The number of anilines is 1. The van der Waals surface area contributed by atoms with Gasteiger partial charge >= 0.3 is 0 Å². The maximum Gasteiger partial charge on any atom is 0.218 e. The number of hydrogen-bond acceptors (Lipinski definition) is 3. The number of hydrogen-bond donors (Lipinski definition) is 1. The molecule has 0 aliphatic carbocycles. The zero-order valence-electron chi connectivity index (χ0n) is 8.81. The molecular weight excluding hydrogens is 190 g/mol. The average Bonchev–Trinajstić information content (AvgIpc) is 2.56. The van der Waals surface area contributed by atoms with Gasteiger partial charge in [0.05, 0.1) is 0 Å². The number of amides is 1. The number of carbonyl (C=O) groups is 1. The minimum atomic E-state index is -0.243. The topological polar surface area (TPSA) is 59.2 Å². The molecule has 0 radical (unpaired) electrons. The van der Waals surface area contributed by atoms with Gasteiger partial charge in [0.1, 0.15) is 5.82 Å². The molecule has 1 aliphatic heterocycles. The van der Waals surface area contributed by atoms with Crippen LogP contribution in [0.15, 0.2) is 18.3 Å². The molecule has 0 aromatic carbocycles. The zero-order chi connectivity index (χ0) is 10.8. The van der Waals surface area contributed by atoms with Gasteiger partial charge in [-0.15, -0.1) is 0 Å². The third kappa shape index (κ3) is 1.79. The van der Waals surface area contributed by atoms with Gasteiger partial charge in [-0.3, -0.25) is 4.79 Å². The van der Waals surface area contributed by atoms with E-state index < -0.39 is 0 Å². The van der Waals surface area contributed by atoms with E-state index in [4.69, 9.17) is 5.73 Å². The van der Waals surface area contributed by atoms with Crippen molar-refractivity contribution >= 4 is 11.7 Å². The van der Waals surface area contributed by atoms with Crippen LogP contribution in [-0.2, 0) is 4.79 Å². The molecule has 1 atom stereocenters. The van der Waals surface area contributed by atoms with E-state index >= 15 is 0 Å². The average molecular weight is 205 g/mol. The van der Waals surface area contributed by atoms with Crippen LogP contribution in [-0.4, -0.2) is 24.0 Å². The van der Waals surface area contributed by atoms with Gasteiger partial charge < -0.3 is 10.6 Å². The summed E-state index contributed by atoms with van der Waals surface area (Å²) in [7, 11) is 0. The first-order valence-electron chi connectivity index (χ1n) is 5.20. The molecular formula is C11H15N3O. The molecule has 2 N–H and O–H groups in total. The molecule has 2 heterocycles. The van der Waals surface area contributed by atoms with Gasteiger partial charge in [-0.05, 0) is 13.0 Å². The molecule has 1 aliphatic rings. The largest absolute Gasteiger partial charge is 0.370 e. The third-order valence-electron chi connectivity index (χ3n) is 2.83. The maximum atomic E-state index is 10.9. The number of nitrogens with two attached hydrogens (primary N) is 1. The van der Waals surface area contributed by atoms with E-state index in [1.54, 1.807) is 6.20 Å². The van der Waals surface area contributed by atoms with E-state index in [9.17, 15) is 4.79 Å². The minimum absolute atomic E-state index is 0.214. The monoisotopic (exact) mass is 205 g/mol. The van der Waals surface area contributed by atoms with Crippen LogP contribution in [0.3, 0.4) is 0 Å². The quantitative estimate of drug-likeness (QED) is 0.797. The van der Waals surface area contributed by atoms with Crippen LogP contribution in [0.25, 0.3) is 0 Å². The highest BCUT2D eigenvalue weighted by Gasteiger charge is 2.29. The Kier molecular flexibility index (Phi) is 2.58. The Morgan fingerprint density at radius 2 is 2.53 bits per heavy atom. The van der Waals surface area contributed by atoms with Crippen LogP contribution in [0.2, 0.25) is 0 Å². The third-order valence-corrected chi connectivity index (χ3v) is 2.83. The number of primary amides is 1. The van der Waals surface area contributed by atoms with Crippen LogP contribution >= 0.6 is 0 Å². The molecule has 80 valence electrons. The Morgan fingerprint density at radius 3 is 3.20 bits per heavy atom. The summed E-state index contributed by atoms with van der Waals surface area (Å²) in [6.45, 7) is 3.86. The van der Waals surface area contributed by atoms with Gasteiger partial charge in [0.2, 0.25) is 5.91 Å². The predicted octanol–water partition coefficient (Wildman–Crippen LogP) is 0.880. The van der Waals surface area contributed by atoms with Crippen molar-refractivity contribution in [3.05, 3.63) is 23.9 Å². The fraction of sp³-hybridized carbons (Fsp3) is 0.455. The number of likely N-dealkylation sites (N-methyl/N-ethyl adjacent to an activating group) is 1.